The smallest absolute Gasteiger partial charge is 0.125 e. The Morgan fingerprint density at radius 2 is 1.12 bits per heavy atom. The number of benzene rings is 2. The summed E-state index contributed by atoms with van der Waals surface area (Å²) in [6, 6.07) is 12.0. The molecule has 0 saturated carbocycles. The van der Waals surface area contributed by atoms with Crippen molar-refractivity contribution in [1.29, 1.82) is 0 Å². The monoisotopic (exact) mass is 220 g/mol. The lowest BCUT2D eigenvalue weighted by Crippen LogP contribution is -2.08. The van der Waals surface area contributed by atoms with Gasteiger partial charge in [0.05, 0.1) is 11.4 Å². The Hall–Kier alpha value is -2.10. The van der Waals surface area contributed by atoms with Crippen LogP contribution in [0.25, 0.3) is 0 Å². The molecule has 0 aromatic heterocycles. The predicted octanol–water partition coefficient (Wildman–Crippen LogP) is 3.40. The Morgan fingerprint density at radius 3 is 1.50 bits per heavy atom. The van der Waals surface area contributed by atoms with Crippen LogP contribution < -0.4 is 10.9 Å². The van der Waals surface area contributed by atoms with Crippen molar-refractivity contribution in [3.8, 4) is 0 Å². The van der Waals surface area contributed by atoms with E-state index in [1.807, 2.05) is 0 Å². The van der Waals surface area contributed by atoms with Crippen molar-refractivity contribution in [3.63, 3.8) is 0 Å². The lowest BCUT2D eigenvalue weighted by Gasteiger charge is -2.09. The highest BCUT2D eigenvalue weighted by Gasteiger charge is 1.95. The first-order valence-corrected chi connectivity index (χ1v) is 4.77. The van der Waals surface area contributed by atoms with Crippen LogP contribution in [0.5, 0.6) is 0 Å². The van der Waals surface area contributed by atoms with Crippen LogP contribution in [0.2, 0.25) is 0 Å². The van der Waals surface area contributed by atoms with Crippen LogP contribution in [-0.2, 0) is 0 Å². The minimum atomic E-state index is -0.328. The Bertz CT molecular complexity index is 440. The van der Waals surface area contributed by atoms with Crippen molar-refractivity contribution in [3.05, 3.63) is 60.2 Å². The zero-order valence-corrected chi connectivity index (χ0v) is 8.37. The molecule has 4 heteroatoms. The lowest BCUT2D eigenvalue weighted by atomic mass is 10.3. The van der Waals surface area contributed by atoms with E-state index in [0.29, 0.717) is 11.4 Å². The highest BCUT2D eigenvalue weighted by Crippen LogP contribution is 2.12. The first kappa shape index (κ1) is 10.4. The molecule has 0 aliphatic carbocycles. The van der Waals surface area contributed by atoms with E-state index in [0.717, 1.165) is 0 Å². The third kappa shape index (κ3) is 2.70. The molecule has 0 radical (unpaired) electrons. The van der Waals surface area contributed by atoms with Gasteiger partial charge in [0, 0.05) is 0 Å². The van der Waals surface area contributed by atoms with Gasteiger partial charge < -0.3 is 10.9 Å². The average molecular weight is 220 g/mol. The molecule has 2 nitrogen and oxygen atoms in total. The van der Waals surface area contributed by atoms with Gasteiger partial charge in [0.25, 0.3) is 0 Å². The van der Waals surface area contributed by atoms with Crippen molar-refractivity contribution < 1.29 is 8.78 Å². The second-order valence-corrected chi connectivity index (χ2v) is 3.27. The summed E-state index contributed by atoms with van der Waals surface area (Å²) >= 11 is 0. The maximum absolute atomic E-state index is 12.8. The summed E-state index contributed by atoms with van der Waals surface area (Å²) in [6.07, 6.45) is 0. The first-order valence-electron chi connectivity index (χ1n) is 4.77. The molecule has 0 fully saturated rings. The van der Waals surface area contributed by atoms with Gasteiger partial charge >= 0.3 is 0 Å². The molecule has 0 unspecified atom stereocenters. The fraction of sp³-hybridized carbons (Fsp3) is 0. The molecule has 0 atom stereocenters. The maximum atomic E-state index is 12.8. The minimum Gasteiger partial charge on any atom is -0.301 e. The number of rotatable bonds is 3. The number of anilines is 2. The quantitative estimate of drug-likeness (QED) is 0.774. The second kappa shape index (κ2) is 4.61. The number of hydrazine groups is 1. The molecule has 0 heterocycles. The van der Waals surface area contributed by atoms with Crippen LogP contribution in [0.15, 0.2) is 48.5 Å². The van der Waals surface area contributed by atoms with E-state index in [1.165, 1.54) is 24.3 Å². The molecule has 2 aromatic carbocycles. The molecular formula is C12H10F2N2. The fourth-order valence-electron chi connectivity index (χ4n) is 1.28. The molecule has 82 valence electrons. The van der Waals surface area contributed by atoms with E-state index >= 15 is 0 Å². The van der Waals surface area contributed by atoms with E-state index in [-0.39, 0.29) is 11.6 Å². The first-order chi connectivity index (χ1) is 7.74. The third-order valence-electron chi connectivity index (χ3n) is 2.00. The van der Waals surface area contributed by atoms with E-state index in [1.54, 1.807) is 24.3 Å². The molecule has 2 N–H and O–H groups in total. The normalized spacial score (nSPS) is 9.88. The van der Waals surface area contributed by atoms with Gasteiger partial charge in [0.15, 0.2) is 0 Å². The van der Waals surface area contributed by atoms with E-state index in [9.17, 15) is 8.78 Å². The summed E-state index contributed by atoms with van der Waals surface area (Å²) in [7, 11) is 0. The lowest BCUT2D eigenvalue weighted by molar-refractivity contribution is 0.627. The Balaban J connectivity index is 2.02. The van der Waals surface area contributed by atoms with Gasteiger partial charge in [-0.25, -0.2) is 8.78 Å². The van der Waals surface area contributed by atoms with Gasteiger partial charge in [-0.1, -0.05) is 12.1 Å². The molecule has 0 spiro atoms. The highest BCUT2D eigenvalue weighted by atomic mass is 19.1. The largest absolute Gasteiger partial charge is 0.301 e. The standard InChI is InChI=1S/C12H10F2N2/c13-9-3-1-5-11(7-9)15-16-12-6-2-4-10(14)8-12/h1-8,15-16H. The van der Waals surface area contributed by atoms with Crippen LogP contribution in [0.4, 0.5) is 20.2 Å². The van der Waals surface area contributed by atoms with Gasteiger partial charge in [-0.05, 0) is 36.4 Å². The van der Waals surface area contributed by atoms with Crippen LogP contribution in [0, 0.1) is 11.6 Å². The summed E-state index contributed by atoms with van der Waals surface area (Å²) in [6.45, 7) is 0. The SMILES string of the molecule is Fc1cccc(NNc2cccc(F)c2)c1. The van der Waals surface area contributed by atoms with Gasteiger partial charge in [0.1, 0.15) is 11.6 Å². The van der Waals surface area contributed by atoms with Gasteiger partial charge in [0.2, 0.25) is 0 Å². The van der Waals surface area contributed by atoms with E-state index in [2.05, 4.69) is 10.9 Å². The maximum Gasteiger partial charge on any atom is 0.125 e. The van der Waals surface area contributed by atoms with Gasteiger partial charge in [-0.2, -0.15) is 0 Å². The van der Waals surface area contributed by atoms with Crippen molar-refractivity contribution in [2.24, 2.45) is 0 Å². The second-order valence-electron chi connectivity index (χ2n) is 3.27. The summed E-state index contributed by atoms with van der Waals surface area (Å²) in [5.41, 5.74) is 6.69. The highest BCUT2D eigenvalue weighted by molar-refractivity contribution is 5.52. The third-order valence-corrected chi connectivity index (χ3v) is 2.00. The van der Waals surface area contributed by atoms with Crippen LogP contribution >= 0.6 is 0 Å². The molecule has 0 saturated heterocycles. The molecule has 2 aromatic rings. The van der Waals surface area contributed by atoms with Crippen LogP contribution in [-0.4, -0.2) is 0 Å². The Kier molecular flexibility index (Phi) is 3.00. The number of hydrogen-bond donors (Lipinski definition) is 2. The van der Waals surface area contributed by atoms with Gasteiger partial charge in [-0.3, -0.25) is 0 Å². The molecule has 16 heavy (non-hydrogen) atoms. The molecule has 2 rings (SSSR count). The molecule has 0 bridgehead atoms. The molecule has 0 aliphatic heterocycles. The molecule has 0 amide bonds. The van der Waals surface area contributed by atoms with E-state index < -0.39 is 0 Å². The summed E-state index contributed by atoms with van der Waals surface area (Å²) in [5.74, 6) is -0.655. The van der Waals surface area contributed by atoms with Crippen LogP contribution in [0.3, 0.4) is 0 Å². The molecular weight excluding hydrogens is 210 g/mol. The zero-order valence-electron chi connectivity index (χ0n) is 8.37. The summed E-state index contributed by atoms with van der Waals surface area (Å²) in [5, 5.41) is 0. The summed E-state index contributed by atoms with van der Waals surface area (Å²) in [4.78, 5) is 0. The zero-order chi connectivity index (χ0) is 11.4. The fourth-order valence-corrected chi connectivity index (χ4v) is 1.28. The topological polar surface area (TPSA) is 24.1 Å². The Labute approximate surface area is 91.9 Å². The number of nitrogens with one attached hydrogen (secondary N) is 2. The molecule has 0 aliphatic rings. The van der Waals surface area contributed by atoms with Crippen LogP contribution in [0.1, 0.15) is 0 Å². The van der Waals surface area contributed by atoms with Crippen molar-refractivity contribution in [2.45, 2.75) is 0 Å². The minimum absolute atomic E-state index is 0.328. The van der Waals surface area contributed by atoms with Crippen molar-refractivity contribution in [1.82, 2.24) is 0 Å². The summed E-state index contributed by atoms with van der Waals surface area (Å²) < 4.78 is 25.7. The Morgan fingerprint density at radius 1 is 0.688 bits per heavy atom. The van der Waals surface area contributed by atoms with Crippen molar-refractivity contribution >= 4 is 11.4 Å². The van der Waals surface area contributed by atoms with E-state index in [4.69, 9.17) is 0 Å². The van der Waals surface area contributed by atoms with Gasteiger partial charge in [-0.15, -0.1) is 0 Å². The average Bonchev–Trinajstić information content (AvgIpc) is 2.27. The number of hydrogen-bond acceptors (Lipinski definition) is 2. The van der Waals surface area contributed by atoms with Crippen molar-refractivity contribution in [2.75, 3.05) is 10.9 Å². The predicted molar refractivity (Wildman–Crippen MR) is 60.0 cm³/mol. The number of halogens is 2.